The normalized spacial score (nSPS) is 37.9. The molecule has 0 aromatic rings. The minimum Gasteiger partial charge on any atom is -0.368 e. The second kappa shape index (κ2) is 12.6. The molecule has 3 saturated carbocycles. The molecule has 3 unspecified atom stereocenters. The van der Waals surface area contributed by atoms with Crippen molar-refractivity contribution in [2.75, 3.05) is 19.7 Å². The number of alkyl halides is 3. The van der Waals surface area contributed by atoms with Gasteiger partial charge in [0.25, 0.3) is 0 Å². The van der Waals surface area contributed by atoms with Crippen LogP contribution >= 0.6 is 23.2 Å². The van der Waals surface area contributed by atoms with Gasteiger partial charge in [-0.05, 0) is 88.9 Å². The van der Waals surface area contributed by atoms with E-state index in [4.69, 9.17) is 27.9 Å². The van der Waals surface area contributed by atoms with Crippen LogP contribution in [-0.2, 0) is 14.3 Å². The van der Waals surface area contributed by atoms with Crippen LogP contribution in [0.15, 0.2) is 0 Å². The molecule has 1 aliphatic heterocycles. The van der Waals surface area contributed by atoms with Crippen LogP contribution in [0.25, 0.3) is 0 Å². The lowest BCUT2D eigenvalue weighted by Gasteiger charge is -2.40. The molecule has 4 rings (SSSR count). The second-order valence-electron chi connectivity index (χ2n) is 11.1. The molecule has 8 heteroatoms. The number of likely N-dealkylation sites (tertiary alicyclic amines) is 1. The molecular formula is C26H41Cl2FN2O3. The van der Waals surface area contributed by atoms with E-state index in [1.165, 1.54) is 12.8 Å². The molecule has 5 nitrogen and oxygen atoms in total. The number of rotatable bonds is 6. The second-order valence-corrected chi connectivity index (χ2v) is 12.2. The predicted molar refractivity (Wildman–Crippen MR) is 133 cm³/mol. The number of hydrogen-bond acceptors (Lipinski definition) is 3. The summed E-state index contributed by atoms with van der Waals surface area (Å²) in [6.45, 7) is 1.75. The van der Waals surface area contributed by atoms with Gasteiger partial charge in [0.1, 0.15) is 12.8 Å². The summed E-state index contributed by atoms with van der Waals surface area (Å²) >= 11 is 12.2. The summed E-state index contributed by atoms with van der Waals surface area (Å²) in [4.78, 5) is 27.5. The first-order valence-corrected chi connectivity index (χ1v) is 14.4. The Morgan fingerprint density at radius 2 is 1.50 bits per heavy atom. The molecule has 3 aliphatic carbocycles. The van der Waals surface area contributed by atoms with Crippen molar-refractivity contribution in [3.63, 3.8) is 0 Å². The van der Waals surface area contributed by atoms with Crippen LogP contribution < -0.4 is 5.32 Å². The Morgan fingerprint density at radius 1 is 0.853 bits per heavy atom. The first-order valence-electron chi connectivity index (χ1n) is 13.5. The van der Waals surface area contributed by atoms with Gasteiger partial charge in [-0.25, -0.2) is 4.39 Å². The molecule has 3 atom stereocenters. The van der Waals surface area contributed by atoms with Crippen molar-refractivity contribution in [2.45, 2.75) is 113 Å². The maximum atomic E-state index is 13.7. The maximum absolute atomic E-state index is 13.7. The van der Waals surface area contributed by atoms with Crippen LogP contribution in [0, 0.1) is 17.8 Å². The molecule has 0 spiro atoms. The smallest absolute Gasteiger partial charge is 0.246 e. The summed E-state index contributed by atoms with van der Waals surface area (Å²) in [6, 6.07) is 0.0930. The molecule has 1 saturated heterocycles. The third-order valence-corrected chi connectivity index (χ3v) is 9.68. The number of halogens is 3. The van der Waals surface area contributed by atoms with E-state index in [1.54, 1.807) is 0 Å². The first kappa shape index (κ1) is 26.5. The average Bonchev–Trinajstić information content (AvgIpc) is 2.85. The molecule has 4 fully saturated rings. The monoisotopic (exact) mass is 518 g/mol. The highest BCUT2D eigenvalue weighted by atomic mass is 35.5. The predicted octanol–water partition coefficient (Wildman–Crippen LogP) is 5.21. The van der Waals surface area contributed by atoms with Crippen molar-refractivity contribution >= 4 is 35.0 Å². The number of carbonyl (C=O) groups excluding carboxylic acids is 2. The van der Waals surface area contributed by atoms with E-state index in [9.17, 15) is 14.0 Å². The molecule has 2 amide bonds. The van der Waals surface area contributed by atoms with Crippen LogP contribution in [0.4, 0.5) is 4.39 Å². The van der Waals surface area contributed by atoms with Crippen molar-refractivity contribution in [1.29, 1.82) is 0 Å². The SMILES string of the molecule is O=C(COC1CCC(Cl)C(F)C1)NC1CCC(C(=O)N2CCC(C3CCC(Cl)CC3)CC2)CC1. The van der Waals surface area contributed by atoms with Crippen LogP contribution in [0.2, 0.25) is 0 Å². The van der Waals surface area contributed by atoms with E-state index in [0.29, 0.717) is 24.1 Å². The fourth-order valence-electron chi connectivity index (χ4n) is 6.54. The van der Waals surface area contributed by atoms with Crippen LogP contribution in [0.3, 0.4) is 0 Å². The molecule has 0 bridgehead atoms. The van der Waals surface area contributed by atoms with E-state index >= 15 is 0 Å². The minimum absolute atomic E-state index is 0.0370. The lowest BCUT2D eigenvalue weighted by atomic mass is 9.75. The lowest BCUT2D eigenvalue weighted by molar-refractivity contribution is -0.138. The van der Waals surface area contributed by atoms with Crippen LogP contribution in [0.1, 0.15) is 83.5 Å². The first-order chi connectivity index (χ1) is 16.4. The number of nitrogens with one attached hydrogen (secondary N) is 1. The fourth-order valence-corrected chi connectivity index (χ4v) is 7.02. The highest BCUT2D eigenvalue weighted by Crippen LogP contribution is 2.38. The molecular weight excluding hydrogens is 478 g/mol. The van der Waals surface area contributed by atoms with Gasteiger partial charge in [0, 0.05) is 36.8 Å². The van der Waals surface area contributed by atoms with Crippen molar-refractivity contribution in [2.24, 2.45) is 17.8 Å². The minimum atomic E-state index is -1.06. The van der Waals surface area contributed by atoms with Crippen molar-refractivity contribution in [3.8, 4) is 0 Å². The summed E-state index contributed by atoms with van der Waals surface area (Å²) in [5, 5.41) is 2.97. The Balaban J connectivity index is 1.11. The number of carbonyl (C=O) groups is 2. The fraction of sp³-hybridized carbons (Fsp3) is 0.923. The Morgan fingerprint density at radius 3 is 2.15 bits per heavy atom. The van der Waals surface area contributed by atoms with Gasteiger partial charge in [0.2, 0.25) is 11.8 Å². The molecule has 4 aliphatic rings. The summed E-state index contributed by atoms with van der Waals surface area (Å²) in [6.07, 6.45) is 10.6. The quantitative estimate of drug-likeness (QED) is 0.490. The zero-order chi connectivity index (χ0) is 24.1. The van der Waals surface area contributed by atoms with Gasteiger partial charge in [-0.1, -0.05) is 0 Å². The van der Waals surface area contributed by atoms with Crippen molar-refractivity contribution in [3.05, 3.63) is 0 Å². The van der Waals surface area contributed by atoms with Crippen LogP contribution in [0.5, 0.6) is 0 Å². The summed E-state index contributed by atoms with van der Waals surface area (Å²) in [5.74, 6) is 1.79. The lowest BCUT2D eigenvalue weighted by Crippen LogP contribution is -2.46. The topological polar surface area (TPSA) is 58.6 Å². The number of amides is 2. The average molecular weight is 520 g/mol. The number of ether oxygens (including phenoxy) is 1. The van der Waals surface area contributed by atoms with Gasteiger partial charge in [0.15, 0.2) is 0 Å². The van der Waals surface area contributed by atoms with Gasteiger partial charge in [-0.15, -0.1) is 23.2 Å². The van der Waals surface area contributed by atoms with E-state index in [0.717, 1.165) is 76.3 Å². The van der Waals surface area contributed by atoms with Gasteiger partial charge < -0.3 is 15.0 Å². The standard InChI is InChI=1S/C26H41Cl2FN2O3/c27-20-5-1-17(2-6-20)18-11-13-31(14-12-18)26(33)19-3-7-21(8-4-19)30-25(32)16-34-22-9-10-23(28)24(29)15-22/h17-24H,1-16H2,(H,30,32). The molecule has 0 radical (unpaired) electrons. The number of hydrogen-bond donors (Lipinski definition) is 1. The highest BCUT2D eigenvalue weighted by molar-refractivity contribution is 6.21. The summed E-state index contributed by atoms with van der Waals surface area (Å²) < 4.78 is 19.4. The Labute approximate surface area is 213 Å². The summed E-state index contributed by atoms with van der Waals surface area (Å²) in [7, 11) is 0. The van der Waals surface area contributed by atoms with Gasteiger partial charge in [-0.2, -0.15) is 0 Å². The largest absolute Gasteiger partial charge is 0.368 e. The Hall–Kier alpha value is -0.590. The Kier molecular flexibility index (Phi) is 9.80. The zero-order valence-corrected chi connectivity index (χ0v) is 21.8. The molecule has 34 heavy (non-hydrogen) atoms. The van der Waals surface area contributed by atoms with Crippen molar-refractivity contribution in [1.82, 2.24) is 10.2 Å². The van der Waals surface area contributed by atoms with E-state index < -0.39 is 11.5 Å². The van der Waals surface area contributed by atoms with Gasteiger partial charge >= 0.3 is 0 Å². The number of nitrogens with zero attached hydrogens (tertiary/aromatic N) is 1. The number of piperidine rings is 1. The third kappa shape index (κ3) is 7.22. The molecule has 0 aromatic carbocycles. The summed E-state index contributed by atoms with van der Waals surface area (Å²) in [5.41, 5.74) is 0. The van der Waals surface area contributed by atoms with Gasteiger partial charge in [0.05, 0.1) is 11.5 Å². The molecule has 0 aromatic heterocycles. The molecule has 1 N–H and O–H groups in total. The molecule has 194 valence electrons. The van der Waals surface area contributed by atoms with Crippen LogP contribution in [-0.4, -0.2) is 65.5 Å². The zero-order valence-electron chi connectivity index (χ0n) is 20.2. The van der Waals surface area contributed by atoms with E-state index in [1.807, 2.05) is 0 Å². The maximum Gasteiger partial charge on any atom is 0.246 e. The van der Waals surface area contributed by atoms with Crippen molar-refractivity contribution < 1.29 is 18.7 Å². The highest BCUT2D eigenvalue weighted by Gasteiger charge is 2.35. The third-order valence-electron chi connectivity index (χ3n) is 8.76. The molecule has 1 heterocycles. The van der Waals surface area contributed by atoms with E-state index in [2.05, 4.69) is 10.2 Å². The van der Waals surface area contributed by atoms with Gasteiger partial charge in [-0.3, -0.25) is 9.59 Å². The Bertz CT molecular complexity index is 675. The van der Waals surface area contributed by atoms with E-state index in [-0.39, 0.29) is 37.0 Å².